The van der Waals surface area contributed by atoms with Crippen molar-refractivity contribution < 1.29 is 0 Å². The largest absolute Gasteiger partial charge is 0.327 e. The van der Waals surface area contributed by atoms with Gasteiger partial charge in [-0.15, -0.1) is 0 Å². The van der Waals surface area contributed by atoms with Crippen LogP contribution in [0.3, 0.4) is 0 Å². The predicted molar refractivity (Wildman–Crippen MR) is 82.4 cm³/mol. The molecule has 0 aliphatic carbocycles. The van der Waals surface area contributed by atoms with Gasteiger partial charge in [0.25, 0.3) is 0 Å². The van der Waals surface area contributed by atoms with Gasteiger partial charge in [0.2, 0.25) is 0 Å². The monoisotopic (exact) mass is 336 g/mol. The fourth-order valence-electron chi connectivity index (χ4n) is 2.40. The van der Waals surface area contributed by atoms with Crippen LogP contribution < -0.4 is 0 Å². The van der Waals surface area contributed by atoms with Crippen LogP contribution in [0.15, 0.2) is 22.7 Å². The van der Waals surface area contributed by atoms with Crippen molar-refractivity contribution in [3.8, 4) is 5.69 Å². The van der Waals surface area contributed by atoms with E-state index >= 15 is 0 Å². The molecule has 0 amide bonds. The number of halogens is 1. The van der Waals surface area contributed by atoms with Crippen LogP contribution in [-0.4, -0.2) is 19.3 Å². The Morgan fingerprint density at radius 3 is 2.74 bits per heavy atom. The summed E-state index contributed by atoms with van der Waals surface area (Å²) in [5, 5.41) is 4.43. The average Bonchev–Trinajstić information content (AvgIpc) is 2.79. The number of H-pyrrole nitrogens is 1. The highest BCUT2D eigenvalue weighted by Gasteiger charge is 2.15. The summed E-state index contributed by atoms with van der Waals surface area (Å²) in [5.74, 6) is 0. The molecule has 1 aromatic carbocycles. The first-order valence-electron chi connectivity index (χ1n) is 5.90. The highest BCUT2D eigenvalue weighted by molar-refractivity contribution is 9.10. The van der Waals surface area contributed by atoms with E-state index in [4.69, 9.17) is 12.2 Å². The lowest BCUT2D eigenvalue weighted by atomic mass is 10.2. The Bertz CT molecular complexity index is 840. The van der Waals surface area contributed by atoms with E-state index in [1.54, 1.807) is 0 Å². The van der Waals surface area contributed by atoms with Crippen LogP contribution in [0.2, 0.25) is 0 Å². The minimum atomic E-state index is 0.691. The molecule has 4 nitrogen and oxygen atoms in total. The van der Waals surface area contributed by atoms with Crippen LogP contribution in [0, 0.1) is 18.6 Å². The maximum Gasteiger partial charge on any atom is 0.184 e. The Morgan fingerprint density at radius 1 is 1.32 bits per heavy atom. The molecule has 0 bridgehead atoms. The second-order valence-electron chi connectivity index (χ2n) is 4.60. The molecule has 0 atom stereocenters. The lowest BCUT2D eigenvalue weighted by molar-refractivity contribution is 0.759. The first kappa shape index (κ1) is 12.6. The zero-order chi connectivity index (χ0) is 13.7. The molecular formula is C13H13BrN4S. The number of rotatable bonds is 1. The first-order valence-corrected chi connectivity index (χ1v) is 7.10. The van der Waals surface area contributed by atoms with Gasteiger partial charge in [-0.3, -0.25) is 4.57 Å². The molecule has 0 saturated heterocycles. The van der Waals surface area contributed by atoms with E-state index in [-0.39, 0.29) is 0 Å². The Balaban J connectivity index is 2.42. The molecule has 0 saturated carbocycles. The van der Waals surface area contributed by atoms with Gasteiger partial charge in [-0.25, -0.2) is 4.68 Å². The zero-order valence-corrected chi connectivity index (χ0v) is 13.3. The molecule has 2 heterocycles. The van der Waals surface area contributed by atoms with Crippen LogP contribution in [0.1, 0.15) is 11.3 Å². The number of imidazole rings is 1. The molecule has 0 unspecified atom stereocenters. The number of aromatic amines is 1. The zero-order valence-electron chi connectivity index (χ0n) is 10.9. The number of nitrogens with one attached hydrogen (secondary N) is 1. The molecule has 19 heavy (non-hydrogen) atoms. The molecule has 0 aliphatic rings. The van der Waals surface area contributed by atoms with E-state index in [9.17, 15) is 0 Å². The van der Waals surface area contributed by atoms with Crippen molar-refractivity contribution in [3.05, 3.63) is 38.7 Å². The van der Waals surface area contributed by atoms with Crippen molar-refractivity contribution >= 4 is 39.3 Å². The highest BCUT2D eigenvalue weighted by atomic mass is 79.9. The van der Waals surface area contributed by atoms with E-state index in [1.807, 2.05) is 29.3 Å². The van der Waals surface area contributed by atoms with Crippen LogP contribution in [0.5, 0.6) is 0 Å². The van der Waals surface area contributed by atoms with Gasteiger partial charge in [0, 0.05) is 11.5 Å². The van der Waals surface area contributed by atoms with Gasteiger partial charge in [-0.2, -0.15) is 5.10 Å². The quantitative estimate of drug-likeness (QED) is 0.686. The fraction of sp³-hybridized carbons (Fsp3) is 0.231. The van der Waals surface area contributed by atoms with Crippen molar-refractivity contribution in [1.29, 1.82) is 0 Å². The topological polar surface area (TPSA) is 38.5 Å². The third kappa shape index (κ3) is 1.86. The summed E-state index contributed by atoms with van der Waals surface area (Å²) in [4.78, 5) is 3.24. The van der Waals surface area contributed by atoms with Crippen molar-refractivity contribution in [2.75, 3.05) is 0 Å². The second-order valence-corrected chi connectivity index (χ2v) is 5.91. The molecule has 1 N–H and O–H groups in total. The second kappa shape index (κ2) is 4.31. The minimum Gasteiger partial charge on any atom is -0.327 e. The normalized spacial score (nSPS) is 11.4. The summed E-state index contributed by atoms with van der Waals surface area (Å²) >= 11 is 8.94. The fourth-order valence-corrected chi connectivity index (χ4v) is 3.16. The summed E-state index contributed by atoms with van der Waals surface area (Å²) in [6, 6.07) is 6.16. The van der Waals surface area contributed by atoms with Gasteiger partial charge in [-0.05, 0) is 49.8 Å². The molecule has 0 spiro atoms. The summed E-state index contributed by atoms with van der Waals surface area (Å²) in [5.41, 5.74) is 5.17. The minimum absolute atomic E-state index is 0.691. The van der Waals surface area contributed by atoms with Crippen LogP contribution in [0.25, 0.3) is 16.9 Å². The van der Waals surface area contributed by atoms with Crippen LogP contribution in [0.4, 0.5) is 0 Å². The molecule has 0 radical (unpaired) electrons. The maximum atomic E-state index is 5.45. The lowest BCUT2D eigenvalue weighted by Crippen LogP contribution is -2.02. The summed E-state index contributed by atoms with van der Waals surface area (Å²) in [7, 11) is 1.93. The number of benzene rings is 1. The van der Waals surface area contributed by atoms with E-state index in [0.717, 1.165) is 32.6 Å². The third-order valence-electron chi connectivity index (χ3n) is 3.24. The van der Waals surface area contributed by atoms with Gasteiger partial charge in [0.15, 0.2) is 10.4 Å². The average molecular weight is 337 g/mol. The lowest BCUT2D eigenvalue weighted by Gasteiger charge is -2.09. The van der Waals surface area contributed by atoms with Crippen LogP contribution >= 0.6 is 28.1 Å². The molecule has 2 aromatic heterocycles. The number of nitrogens with zero attached hydrogens (tertiary/aromatic N) is 3. The molecule has 98 valence electrons. The Morgan fingerprint density at radius 2 is 2.05 bits per heavy atom. The van der Waals surface area contributed by atoms with Gasteiger partial charge >= 0.3 is 0 Å². The van der Waals surface area contributed by atoms with Crippen LogP contribution in [-0.2, 0) is 7.05 Å². The Labute approximate surface area is 124 Å². The van der Waals surface area contributed by atoms with Crippen molar-refractivity contribution in [2.24, 2.45) is 7.05 Å². The Hall–Kier alpha value is -1.40. The third-order valence-corrected chi connectivity index (χ3v) is 4.02. The molecule has 6 heteroatoms. The van der Waals surface area contributed by atoms with Crippen molar-refractivity contribution in [2.45, 2.75) is 13.8 Å². The van der Waals surface area contributed by atoms with Gasteiger partial charge in [0.1, 0.15) is 5.52 Å². The number of aryl methyl sites for hydroxylation is 3. The van der Waals surface area contributed by atoms with Crippen molar-refractivity contribution in [1.82, 2.24) is 19.3 Å². The summed E-state index contributed by atoms with van der Waals surface area (Å²) < 4.78 is 5.65. The van der Waals surface area contributed by atoms with Gasteiger partial charge in [-0.1, -0.05) is 15.9 Å². The van der Waals surface area contributed by atoms with E-state index < -0.39 is 0 Å². The molecule has 3 rings (SSSR count). The standard InChI is InChI=1S/C13H13BrN4S/c1-7-6-9(14)4-5-10(7)18-12-11(15-13(18)19)8(2)16-17(12)3/h4-6H,1-3H3,(H,15,19). The van der Waals surface area contributed by atoms with Crippen molar-refractivity contribution in [3.63, 3.8) is 0 Å². The molecular weight excluding hydrogens is 324 g/mol. The number of aromatic nitrogens is 4. The number of hydrogen-bond acceptors (Lipinski definition) is 2. The van der Waals surface area contributed by atoms with E-state index in [1.165, 1.54) is 0 Å². The Kier molecular flexibility index (Phi) is 2.87. The molecule has 3 aromatic rings. The number of fused-ring (bicyclic) bond motifs is 1. The maximum absolute atomic E-state index is 5.45. The van der Waals surface area contributed by atoms with Gasteiger partial charge < -0.3 is 4.98 Å². The summed E-state index contributed by atoms with van der Waals surface area (Å²) in [6.07, 6.45) is 0. The highest BCUT2D eigenvalue weighted by Crippen LogP contribution is 2.25. The predicted octanol–water partition coefficient (Wildman–Crippen LogP) is 3.80. The van der Waals surface area contributed by atoms with Gasteiger partial charge in [0.05, 0.1) is 11.4 Å². The SMILES string of the molecule is Cc1cc(Br)ccc1-n1c(=S)[nH]c2c(C)nn(C)c21. The van der Waals surface area contributed by atoms with E-state index in [0.29, 0.717) is 4.77 Å². The summed E-state index contributed by atoms with van der Waals surface area (Å²) in [6.45, 7) is 4.05. The number of hydrogen-bond donors (Lipinski definition) is 1. The first-order chi connectivity index (χ1) is 8.99. The molecule has 0 fully saturated rings. The van der Waals surface area contributed by atoms with E-state index in [2.05, 4.69) is 45.1 Å². The smallest absolute Gasteiger partial charge is 0.184 e. The molecule has 0 aliphatic heterocycles.